The Morgan fingerprint density at radius 1 is 1.14 bits per heavy atom. The molecule has 0 saturated carbocycles. The number of aliphatic carboxylic acids is 1. The van der Waals surface area contributed by atoms with Crippen molar-refractivity contribution in [3.05, 3.63) is 59.0 Å². The number of aromatic hydroxyl groups is 1. The number of hydrogen-bond acceptors (Lipinski definition) is 8. The standard InChI is InChI=1S/C19H16N2O4S3.C2HF3O2/c1-26-19-17(9-16(27-19)18(20)21)28(24,25)14-4-2-3-11(8-14)12-5-6-15(23)13(7-12)10-22;3-2(4,5)1(6)7/h2-10,23H,1H3,(H3,20,21);(H,6,7). The SMILES string of the molecule is CSc1sc(C(=N)N)cc1S(=O)(=O)c1cccc(-c2ccc(O)c(C=O)c2)c1.O=C(O)C(F)(F)F. The molecule has 14 heteroatoms. The van der Waals surface area contributed by atoms with Gasteiger partial charge in [-0.1, -0.05) is 18.2 Å². The monoisotopic (exact) mass is 546 g/mol. The lowest BCUT2D eigenvalue weighted by Crippen LogP contribution is -2.21. The van der Waals surface area contributed by atoms with Crippen LogP contribution in [0.15, 0.2) is 62.5 Å². The van der Waals surface area contributed by atoms with Gasteiger partial charge in [0.1, 0.15) is 11.6 Å². The van der Waals surface area contributed by atoms with Crippen molar-refractivity contribution in [2.75, 3.05) is 6.26 Å². The van der Waals surface area contributed by atoms with Crippen LogP contribution >= 0.6 is 23.1 Å². The first-order valence-electron chi connectivity index (χ1n) is 9.18. The summed E-state index contributed by atoms with van der Waals surface area (Å²) in [4.78, 5) is 20.6. The number of nitrogens with two attached hydrogens (primary N) is 1. The Bertz CT molecular complexity index is 1390. The summed E-state index contributed by atoms with van der Waals surface area (Å²) in [6, 6.07) is 12.3. The Morgan fingerprint density at radius 3 is 2.26 bits per heavy atom. The fraction of sp³-hybridized carbons (Fsp3) is 0.0952. The number of carboxylic acid groups (broad SMARTS) is 1. The molecule has 0 atom stereocenters. The maximum Gasteiger partial charge on any atom is 0.490 e. The average Bonchev–Trinajstić information content (AvgIpc) is 3.25. The van der Waals surface area contributed by atoms with Gasteiger partial charge in [-0.2, -0.15) is 13.2 Å². The van der Waals surface area contributed by atoms with E-state index in [0.29, 0.717) is 26.5 Å². The van der Waals surface area contributed by atoms with Crippen LogP contribution in [0.3, 0.4) is 0 Å². The lowest BCUT2D eigenvalue weighted by atomic mass is 10.0. The minimum absolute atomic E-state index is 0.0916. The van der Waals surface area contributed by atoms with Gasteiger partial charge >= 0.3 is 12.1 Å². The number of sulfone groups is 1. The minimum atomic E-state index is -5.08. The Kier molecular flexibility index (Phi) is 8.70. The zero-order chi connectivity index (χ0) is 26.6. The molecule has 0 amide bonds. The molecule has 0 radical (unpaired) electrons. The van der Waals surface area contributed by atoms with Gasteiger partial charge in [0.05, 0.1) is 24.4 Å². The second-order valence-corrected chi connectivity index (χ2v) is 10.7. The quantitative estimate of drug-likeness (QED) is 0.153. The zero-order valence-electron chi connectivity index (χ0n) is 17.7. The van der Waals surface area contributed by atoms with E-state index in [0.717, 1.165) is 11.3 Å². The van der Waals surface area contributed by atoms with Crippen molar-refractivity contribution in [1.82, 2.24) is 0 Å². The lowest BCUT2D eigenvalue weighted by Gasteiger charge is -2.08. The molecular formula is C21H17F3N2O6S3. The van der Waals surface area contributed by atoms with Gasteiger partial charge in [0.15, 0.2) is 6.29 Å². The lowest BCUT2D eigenvalue weighted by molar-refractivity contribution is -0.192. The number of hydrogen-bond donors (Lipinski definition) is 4. The van der Waals surface area contributed by atoms with Crippen LogP contribution in [-0.2, 0) is 14.6 Å². The molecule has 35 heavy (non-hydrogen) atoms. The average molecular weight is 547 g/mol. The second-order valence-electron chi connectivity index (χ2n) is 6.61. The summed E-state index contributed by atoms with van der Waals surface area (Å²) >= 11 is 2.45. The minimum Gasteiger partial charge on any atom is -0.507 e. The topological polar surface area (TPSA) is 159 Å². The number of rotatable bonds is 6. The Labute approximate surface area is 205 Å². The van der Waals surface area contributed by atoms with Crippen LogP contribution in [0.25, 0.3) is 11.1 Å². The molecule has 0 saturated heterocycles. The molecule has 0 bridgehead atoms. The van der Waals surface area contributed by atoms with Gasteiger partial charge in [-0.25, -0.2) is 13.2 Å². The number of thioether (sulfide) groups is 1. The van der Waals surface area contributed by atoms with Crippen LogP contribution in [-0.4, -0.2) is 49.2 Å². The molecule has 0 spiro atoms. The third-order valence-corrected chi connectivity index (χ3v) is 8.62. The fourth-order valence-corrected chi connectivity index (χ4v) is 6.52. The van der Waals surface area contributed by atoms with E-state index in [4.69, 9.17) is 21.0 Å². The first-order valence-corrected chi connectivity index (χ1v) is 12.7. The smallest absolute Gasteiger partial charge is 0.490 e. The van der Waals surface area contributed by atoms with Gasteiger partial charge in [0, 0.05) is 0 Å². The molecule has 0 aliphatic carbocycles. The number of halogens is 3. The maximum absolute atomic E-state index is 13.2. The van der Waals surface area contributed by atoms with E-state index >= 15 is 0 Å². The number of phenolic OH excluding ortho intramolecular Hbond substituents is 1. The molecule has 186 valence electrons. The number of carboxylic acids is 1. The summed E-state index contributed by atoms with van der Waals surface area (Å²) in [6.07, 6.45) is -2.78. The van der Waals surface area contributed by atoms with Crippen LogP contribution < -0.4 is 5.73 Å². The molecule has 0 aliphatic rings. The third-order valence-electron chi connectivity index (χ3n) is 4.28. The van der Waals surface area contributed by atoms with Crippen molar-refractivity contribution in [2.45, 2.75) is 20.2 Å². The molecule has 0 fully saturated rings. The maximum atomic E-state index is 13.2. The largest absolute Gasteiger partial charge is 0.507 e. The van der Waals surface area contributed by atoms with E-state index in [9.17, 15) is 31.5 Å². The molecule has 5 N–H and O–H groups in total. The van der Waals surface area contributed by atoms with Crippen molar-refractivity contribution < 1.29 is 41.4 Å². The van der Waals surface area contributed by atoms with Crippen LogP contribution in [0.2, 0.25) is 0 Å². The van der Waals surface area contributed by atoms with Gasteiger partial charge in [-0.3, -0.25) is 10.2 Å². The van der Waals surface area contributed by atoms with Crippen LogP contribution in [0, 0.1) is 5.41 Å². The summed E-state index contributed by atoms with van der Waals surface area (Å²) < 4.78 is 58.7. The van der Waals surface area contributed by atoms with Crippen molar-refractivity contribution in [3.63, 3.8) is 0 Å². The number of thiophene rings is 1. The number of amidine groups is 1. The normalized spacial score (nSPS) is 11.3. The van der Waals surface area contributed by atoms with Crippen molar-refractivity contribution in [2.24, 2.45) is 5.73 Å². The van der Waals surface area contributed by atoms with Gasteiger partial charge in [-0.05, 0) is 47.7 Å². The summed E-state index contributed by atoms with van der Waals surface area (Å²) in [5.74, 6) is -3.07. The predicted octanol–water partition coefficient (Wildman–Crippen LogP) is 4.41. The summed E-state index contributed by atoms with van der Waals surface area (Å²) in [6.45, 7) is 0. The molecule has 0 aliphatic heterocycles. The Hall–Kier alpha value is -3.36. The van der Waals surface area contributed by atoms with E-state index in [1.165, 1.54) is 42.1 Å². The predicted molar refractivity (Wildman–Crippen MR) is 125 cm³/mol. The van der Waals surface area contributed by atoms with Gasteiger partial charge in [0.25, 0.3) is 0 Å². The number of aldehydes is 1. The number of carbonyl (C=O) groups excluding carboxylic acids is 1. The number of phenols is 1. The highest BCUT2D eigenvalue weighted by Crippen LogP contribution is 2.37. The van der Waals surface area contributed by atoms with E-state index in [-0.39, 0.29) is 26.9 Å². The molecular weight excluding hydrogens is 529 g/mol. The number of nitrogens with one attached hydrogen (secondary N) is 1. The second kappa shape index (κ2) is 10.9. The third kappa shape index (κ3) is 6.61. The van der Waals surface area contributed by atoms with Crippen LogP contribution in [0.5, 0.6) is 5.75 Å². The van der Waals surface area contributed by atoms with E-state index in [2.05, 4.69) is 0 Å². The van der Waals surface area contributed by atoms with E-state index in [1.54, 1.807) is 24.5 Å². The number of alkyl halides is 3. The number of carbonyl (C=O) groups is 2. The van der Waals surface area contributed by atoms with Gasteiger partial charge in [-0.15, -0.1) is 23.1 Å². The molecule has 1 heterocycles. The van der Waals surface area contributed by atoms with Crippen LogP contribution in [0.1, 0.15) is 15.2 Å². The molecule has 3 rings (SSSR count). The van der Waals surface area contributed by atoms with E-state index < -0.39 is 22.0 Å². The highest BCUT2D eigenvalue weighted by Gasteiger charge is 2.38. The summed E-state index contributed by atoms with van der Waals surface area (Å²) in [7, 11) is -3.83. The molecule has 2 aromatic carbocycles. The molecule has 3 aromatic rings. The Balaban J connectivity index is 0.000000540. The zero-order valence-corrected chi connectivity index (χ0v) is 20.1. The molecule has 8 nitrogen and oxygen atoms in total. The van der Waals surface area contributed by atoms with E-state index in [1.807, 2.05) is 0 Å². The Morgan fingerprint density at radius 2 is 1.74 bits per heavy atom. The van der Waals surface area contributed by atoms with Crippen molar-refractivity contribution >= 4 is 51.0 Å². The van der Waals surface area contributed by atoms with Crippen molar-refractivity contribution in [3.8, 4) is 16.9 Å². The molecule has 0 unspecified atom stereocenters. The van der Waals surface area contributed by atoms with Gasteiger partial charge in [0.2, 0.25) is 9.84 Å². The number of nitrogen functional groups attached to an aromatic ring is 1. The highest BCUT2D eigenvalue weighted by atomic mass is 32.2. The first kappa shape index (κ1) is 27.9. The number of benzene rings is 2. The van der Waals surface area contributed by atoms with Crippen molar-refractivity contribution in [1.29, 1.82) is 5.41 Å². The summed E-state index contributed by atoms with van der Waals surface area (Å²) in [5, 5.41) is 24.4. The first-order chi connectivity index (χ1) is 16.2. The van der Waals surface area contributed by atoms with Gasteiger partial charge < -0.3 is 15.9 Å². The highest BCUT2D eigenvalue weighted by molar-refractivity contribution is 8.01. The summed E-state index contributed by atoms with van der Waals surface area (Å²) in [5.41, 5.74) is 6.84. The molecule has 1 aromatic heterocycles. The fourth-order valence-electron chi connectivity index (χ4n) is 2.62. The van der Waals surface area contributed by atoms with Crippen LogP contribution in [0.4, 0.5) is 13.2 Å².